The second-order valence-electron chi connectivity index (χ2n) is 10.1. The molecule has 2 aromatic carbocycles. The Morgan fingerprint density at radius 2 is 1.81 bits per heavy atom. The maximum atomic E-state index is 14.9. The summed E-state index contributed by atoms with van der Waals surface area (Å²) in [4.78, 5) is 0. The average molecular weight is 441 g/mol. The lowest BCUT2D eigenvalue weighted by atomic mass is 9.63. The summed E-state index contributed by atoms with van der Waals surface area (Å²) in [7, 11) is 0. The average Bonchev–Trinajstić information content (AvgIpc) is 2.80. The van der Waals surface area contributed by atoms with Crippen LogP contribution in [0.1, 0.15) is 89.5 Å². The Hall–Kier alpha value is -1.90. The van der Waals surface area contributed by atoms with E-state index in [2.05, 4.69) is 13.0 Å². The number of hydrogen-bond donors (Lipinski definition) is 0. The van der Waals surface area contributed by atoms with E-state index < -0.39 is 11.6 Å². The minimum Gasteiger partial charge on any atom is -0.483 e. The molecule has 4 atom stereocenters. The van der Waals surface area contributed by atoms with Gasteiger partial charge in [0.2, 0.25) is 0 Å². The van der Waals surface area contributed by atoms with Crippen molar-refractivity contribution in [1.82, 2.24) is 0 Å². The molecule has 4 unspecified atom stereocenters. The van der Waals surface area contributed by atoms with Crippen molar-refractivity contribution in [3.63, 3.8) is 0 Å². The molecule has 2 aromatic rings. The lowest BCUT2D eigenvalue weighted by Gasteiger charge is -2.42. The van der Waals surface area contributed by atoms with Crippen molar-refractivity contribution >= 4 is 10.8 Å². The summed E-state index contributed by atoms with van der Waals surface area (Å²) in [5, 5.41) is 1.07. The van der Waals surface area contributed by atoms with Crippen LogP contribution in [-0.2, 0) is 0 Å². The molecular weight excluding hydrogens is 402 g/mol. The molecule has 2 aliphatic carbocycles. The zero-order valence-corrected chi connectivity index (χ0v) is 19.7. The van der Waals surface area contributed by atoms with Crippen LogP contribution in [0.2, 0.25) is 0 Å². The molecule has 0 N–H and O–H groups in total. The van der Waals surface area contributed by atoms with Crippen LogP contribution >= 0.6 is 0 Å². The minimum atomic E-state index is -0.623. The maximum absolute atomic E-state index is 14.9. The fraction of sp³-hybridized carbons (Fsp3) is 0.586. The minimum absolute atomic E-state index is 0.165. The Balaban J connectivity index is 1.44. The molecule has 0 heterocycles. The van der Waals surface area contributed by atoms with Crippen molar-refractivity contribution in [2.75, 3.05) is 6.61 Å². The number of hydrogen-bond acceptors (Lipinski definition) is 1. The van der Waals surface area contributed by atoms with Crippen molar-refractivity contribution in [3.8, 4) is 5.75 Å². The summed E-state index contributed by atoms with van der Waals surface area (Å²) >= 11 is 0. The van der Waals surface area contributed by atoms with Crippen LogP contribution in [0.15, 0.2) is 36.4 Å². The van der Waals surface area contributed by atoms with E-state index in [1.165, 1.54) is 75.8 Å². The highest BCUT2D eigenvalue weighted by Gasteiger charge is 2.35. The Bertz CT molecular complexity index is 934. The Morgan fingerprint density at radius 1 is 1.00 bits per heavy atom. The third-order valence-electron chi connectivity index (χ3n) is 7.98. The standard InChI is InChI=1S/C29H38F2O/c1-3-5-7-8-20-9-10-22-17-23(12-11-21(22)16-20)24-13-14-26-25(18-24)19-27(30)29(28(26)31)32-15-6-4-2/h4,6,13-14,18-23H,3,5,7-12,15-17H2,1-2H3/b6-4+. The molecule has 32 heavy (non-hydrogen) atoms. The van der Waals surface area contributed by atoms with Gasteiger partial charge in [-0.3, -0.25) is 0 Å². The first-order valence-electron chi connectivity index (χ1n) is 12.8. The topological polar surface area (TPSA) is 9.23 Å². The van der Waals surface area contributed by atoms with E-state index in [0.29, 0.717) is 16.7 Å². The molecule has 3 heteroatoms. The molecule has 0 saturated heterocycles. The van der Waals surface area contributed by atoms with E-state index in [-0.39, 0.29) is 12.4 Å². The summed E-state index contributed by atoms with van der Waals surface area (Å²) < 4.78 is 34.8. The van der Waals surface area contributed by atoms with E-state index in [0.717, 1.165) is 17.8 Å². The van der Waals surface area contributed by atoms with E-state index in [1.54, 1.807) is 12.2 Å². The zero-order chi connectivity index (χ0) is 22.5. The summed E-state index contributed by atoms with van der Waals surface area (Å²) in [6.45, 7) is 4.30. The molecule has 2 aliphatic rings. The van der Waals surface area contributed by atoms with Crippen molar-refractivity contribution in [3.05, 3.63) is 53.6 Å². The highest BCUT2D eigenvalue weighted by atomic mass is 19.1. The molecule has 0 bridgehead atoms. The molecule has 174 valence electrons. The predicted molar refractivity (Wildman–Crippen MR) is 129 cm³/mol. The number of allylic oxidation sites excluding steroid dienone is 1. The highest BCUT2D eigenvalue weighted by molar-refractivity contribution is 5.85. The van der Waals surface area contributed by atoms with Gasteiger partial charge in [-0.2, -0.15) is 0 Å². The molecule has 1 nitrogen and oxygen atoms in total. The Kier molecular flexibility index (Phi) is 7.86. The molecule has 0 amide bonds. The van der Waals surface area contributed by atoms with Crippen molar-refractivity contribution < 1.29 is 13.5 Å². The van der Waals surface area contributed by atoms with Gasteiger partial charge in [-0.25, -0.2) is 8.78 Å². The first-order chi connectivity index (χ1) is 15.6. The molecule has 0 radical (unpaired) electrons. The monoisotopic (exact) mass is 440 g/mol. The summed E-state index contributed by atoms with van der Waals surface area (Å²) in [6.07, 6.45) is 16.9. The van der Waals surface area contributed by atoms with Gasteiger partial charge < -0.3 is 4.74 Å². The smallest absolute Gasteiger partial charge is 0.191 e. The Morgan fingerprint density at radius 3 is 2.62 bits per heavy atom. The van der Waals surface area contributed by atoms with E-state index in [1.807, 2.05) is 19.1 Å². The SMILES string of the molecule is C/C=C/COc1c(F)cc2cc(C3CCC4CC(CCCCC)CCC4C3)ccc2c1F. The Labute approximate surface area is 192 Å². The molecule has 0 spiro atoms. The number of benzene rings is 2. The lowest BCUT2D eigenvalue weighted by Crippen LogP contribution is -2.30. The number of halogens is 2. The second-order valence-corrected chi connectivity index (χ2v) is 10.1. The number of fused-ring (bicyclic) bond motifs is 2. The summed E-state index contributed by atoms with van der Waals surface area (Å²) in [6, 6.07) is 7.32. The van der Waals surface area contributed by atoms with Gasteiger partial charge in [-0.05, 0) is 79.7 Å². The van der Waals surface area contributed by atoms with Gasteiger partial charge >= 0.3 is 0 Å². The normalized spacial score (nSPS) is 25.9. The van der Waals surface area contributed by atoms with Crippen molar-refractivity contribution in [2.24, 2.45) is 17.8 Å². The number of ether oxygens (including phenoxy) is 1. The third kappa shape index (κ3) is 5.18. The first-order valence-corrected chi connectivity index (χ1v) is 12.8. The predicted octanol–water partition coefficient (Wildman–Crippen LogP) is 8.95. The van der Waals surface area contributed by atoms with E-state index >= 15 is 0 Å². The first kappa shape index (κ1) is 23.3. The van der Waals surface area contributed by atoms with E-state index in [9.17, 15) is 8.78 Å². The van der Waals surface area contributed by atoms with Crippen LogP contribution in [0.25, 0.3) is 10.8 Å². The quantitative estimate of drug-likeness (QED) is 0.294. The van der Waals surface area contributed by atoms with Crippen LogP contribution in [0.3, 0.4) is 0 Å². The van der Waals surface area contributed by atoms with Gasteiger partial charge in [0.25, 0.3) is 0 Å². The summed E-state index contributed by atoms with van der Waals surface area (Å²) in [5.74, 6) is 1.66. The fourth-order valence-corrected chi connectivity index (χ4v) is 6.18. The maximum Gasteiger partial charge on any atom is 0.191 e. The van der Waals surface area contributed by atoms with Crippen LogP contribution in [0, 0.1) is 29.4 Å². The number of unbranched alkanes of at least 4 members (excludes halogenated alkanes) is 2. The lowest BCUT2D eigenvalue weighted by molar-refractivity contribution is 0.113. The van der Waals surface area contributed by atoms with Crippen LogP contribution in [0.4, 0.5) is 8.78 Å². The van der Waals surface area contributed by atoms with Crippen LogP contribution in [-0.4, -0.2) is 6.61 Å². The van der Waals surface area contributed by atoms with Crippen molar-refractivity contribution in [1.29, 1.82) is 0 Å². The summed E-state index contributed by atoms with van der Waals surface area (Å²) in [5.41, 5.74) is 1.24. The van der Waals surface area contributed by atoms with Gasteiger partial charge in [0.05, 0.1) is 0 Å². The third-order valence-corrected chi connectivity index (χ3v) is 7.98. The fourth-order valence-electron chi connectivity index (χ4n) is 6.18. The second kappa shape index (κ2) is 10.8. The highest BCUT2D eigenvalue weighted by Crippen LogP contribution is 2.48. The number of rotatable bonds is 8. The van der Waals surface area contributed by atoms with Gasteiger partial charge in [0.1, 0.15) is 6.61 Å². The zero-order valence-electron chi connectivity index (χ0n) is 19.7. The molecule has 2 saturated carbocycles. The van der Waals surface area contributed by atoms with Gasteiger partial charge in [0.15, 0.2) is 17.4 Å². The van der Waals surface area contributed by atoms with E-state index in [4.69, 9.17) is 4.74 Å². The molecule has 2 fully saturated rings. The van der Waals surface area contributed by atoms with Crippen LogP contribution < -0.4 is 4.74 Å². The molecular formula is C29H38F2O. The molecule has 4 rings (SSSR count). The van der Waals surface area contributed by atoms with Gasteiger partial charge in [0, 0.05) is 5.39 Å². The molecule has 0 aliphatic heterocycles. The van der Waals surface area contributed by atoms with Crippen LogP contribution in [0.5, 0.6) is 5.75 Å². The molecule has 0 aromatic heterocycles. The van der Waals surface area contributed by atoms with Crippen molar-refractivity contribution in [2.45, 2.75) is 84.0 Å². The van der Waals surface area contributed by atoms with Gasteiger partial charge in [-0.15, -0.1) is 0 Å². The van der Waals surface area contributed by atoms with Gasteiger partial charge in [-0.1, -0.05) is 69.4 Å². The largest absolute Gasteiger partial charge is 0.483 e.